The first kappa shape index (κ1) is 22.3. The summed E-state index contributed by atoms with van der Waals surface area (Å²) in [6.45, 7) is 6.72. The molecule has 0 aromatic rings. The third-order valence-electron chi connectivity index (χ3n) is 8.09. The molecule has 1 saturated carbocycles. The monoisotopic (exact) mass is 454 g/mol. The van der Waals surface area contributed by atoms with Crippen molar-refractivity contribution < 1.29 is 4.79 Å². The van der Waals surface area contributed by atoms with Crippen LogP contribution in [0.2, 0.25) is 0 Å². The minimum absolute atomic E-state index is 0.0275. The predicted octanol–water partition coefficient (Wildman–Crippen LogP) is -0.737. The number of amides is 1. The Morgan fingerprint density at radius 1 is 1.03 bits per heavy atom. The standard InChI is InChI=1S/C21H39ClN8O/c1-13-19(25-12-29(13)18-6-2-5-17-15(18)4-3-7-23-17)21(31)28-14-10-16(22)20(24-11-14)30-26-8-9-27-30/h13-20,23-27H,2-12H2,1H3,(H,28,31). The van der Waals surface area contributed by atoms with Crippen LogP contribution in [0.3, 0.4) is 0 Å². The normalized spacial score (nSPS) is 44.8. The lowest BCUT2D eigenvalue weighted by Gasteiger charge is -2.46. The number of carbonyl (C=O) groups excluding carboxylic acids is 1. The number of fused-ring (bicyclic) bond motifs is 1. The highest BCUT2D eigenvalue weighted by Crippen LogP contribution is 2.36. The van der Waals surface area contributed by atoms with Gasteiger partial charge in [-0.2, -0.15) is 5.12 Å². The van der Waals surface area contributed by atoms with Crippen LogP contribution >= 0.6 is 11.6 Å². The van der Waals surface area contributed by atoms with E-state index >= 15 is 0 Å². The van der Waals surface area contributed by atoms with E-state index in [1.165, 1.54) is 32.1 Å². The van der Waals surface area contributed by atoms with Crippen molar-refractivity contribution in [1.82, 2.24) is 42.1 Å². The molecule has 6 N–H and O–H groups in total. The fraction of sp³-hybridized carbons (Fsp3) is 0.952. The zero-order valence-electron chi connectivity index (χ0n) is 18.6. The van der Waals surface area contributed by atoms with Crippen LogP contribution < -0.4 is 32.1 Å². The van der Waals surface area contributed by atoms with Crippen molar-refractivity contribution in [2.75, 3.05) is 32.8 Å². The molecule has 0 aromatic carbocycles. The summed E-state index contributed by atoms with van der Waals surface area (Å²) in [4.78, 5) is 15.7. The van der Waals surface area contributed by atoms with E-state index in [4.69, 9.17) is 11.6 Å². The zero-order valence-corrected chi connectivity index (χ0v) is 19.3. The molecule has 0 aromatic heterocycles. The average molecular weight is 455 g/mol. The molecule has 8 atom stereocenters. The Balaban J connectivity index is 1.14. The van der Waals surface area contributed by atoms with Gasteiger partial charge in [-0.25, -0.2) is 10.9 Å². The molecule has 4 heterocycles. The van der Waals surface area contributed by atoms with Crippen molar-refractivity contribution in [1.29, 1.82) is 0 Å². The van der Waals surface area contributed by atoms with E-state index in [1.54, 1.807) is 0 Å². The number of alkyl halides is 1. The third-order valence-corrected chi connectivity index (χ3v) is 8.51. The smallest absolute Gasteiger partial charge is 0.239 e. The van der Waals surface area contributed by atoms with Crippen LogP contribution in [0.25, 0.3) is 0 Å². The average Bonchev–Trinajstić information content (AvgIpc) is 3.43. The molecule has 31 heavy (non-hydrogen) atoms. The predicted molar refractivity (Wildman–Crippen MR) is 121 cm³/mol. The van der Waals surface area contributed by atoms with E-state index < -0.39 is 0 Å². The molecule has 5 fully saturated rings. The van der Waals surface area contributed by atoms with E-state index in [-0.39, 0.29) is 35.6 Å². The van der Waals surface area contributed by atoms with Crippen LogP contribution in [0.1, 0.15) is 45.4 Å². The van der Waals surface area contributed by atoms with Crippen molar-refractivity contribution in [3.8, 4) is 0 Å². The molecule has 4 aliphatic heterocycles. The first-order valence-electron chi connectivity index (χ1n) is 12.3. The largest absolute Gasteiger partial charge is 0.351 e. The molecule has 1 aliphatic carbocycles. The van der Waals surface area contributed by atoms with Crippen LogP contribution in [0.15, 0.2) is 0 Å². The number of nitrogens with zero attached hydrogens (tertiary/aromatic N) is 2. The summed E-state index contributed by atoms with van der Waals surface area (Å²) >= 11 is 6.65. The molecule has 10 heteroatoms. The second kappa shape index (κ2) is 9.77. The minimum Gasteiger partial charge on any atom is -0.351 e. The third kappa shape index (κ3) is 4.61. The number of nitrogens with one attached hydrogen (secondary N) is 6. The highest BCUT2D eigenvalue weighted by atomic mass is 35.5. The number of carbonyl (C=O) groups is 1. The Bertz CT molecular complexity index is 633. The molecule has 9 nitrogen and oxygen atoms in total. The van der Waals surface area contributed by atoms with Crippen LogP contribution in [0, 0.1) is 5.92 Å². The van der Waals surface area contributed by atoms with E-state index in [2.05, 4.69) is 43.9 Å². The van der Waals surface area contributed by atoms with Gasteiger partial charge in [0.2, 0.25) is 5.91 Å². The van der Waals surface area contributed by atoms with Gasteiger partial charge in [0.05, 0.1) is 5.38 Å². The first-order chi connectivity index (χ1) is 15.1. The number of piperidine rings is 2. The Labute approximate surface area is 190 Å². The molecular formula is C21H39ClN8O. The quantitative estimate of drug-likeness (QED) is 0.309. The summed E-state index contributed by atoms with van der Waals surface area (Å²) in [5.74, 6) is 0.827. The fourth-order valence-electron chi connectivity index (χ4n) is 6.50. The van der Waals surface area contributed by atoms with Gasteiger partial charge in [-0.1, -0.05) is 6.42 Å². The number of hydrazine groups is 2. The highest BCUT2D eigenvalue weighted by Gasteiger charge is 2.45. The number of halogens is 1. The molecule has 5 aliphatic rings. The van der Waals surface area contributed by atoms with Crippen molar-refractivity contribution in [3.63, 3.8) is 0 Å². The summed E-state index contributed by atoms with van der Waals surface area (Å²) in [5, 5.41) is 15.9. The molecule has 176 valence electrons. The Morgan fingerprint density at radius 3 is 2.68 bits per heavy atom. The number of hydrogen-bond donors (Lipinski definition) is 6. The molecule has 5 rings (SSSR count). The summed E-state index contributed by atoms with van der Waals surface area (Å²) in [6, 6.07) is 1.34. The zero-order chi connectivity index (χ0) is 21.4. The van der Waals surface area contributed by atoms with Crippen molar-refractivity contribution in [2.45, 2.75) is 87.2 Å². The second-order valence-electron chi connectivity index (χ2n) is 9.96. The first-order valence-corrected chi connectivity index (χ1v) is 12.7. The second-order valence-corrected chi connectivity index (χ2v) is 10.5. The van der Waals surface area contributed by atoms with Gasteiger partial charge in [-0.3, -0.25) is 20.3 Å². The topological polar surface area (TPSA) is 95.7 Å². The molecule has 1 amide bonds. The van der Waals surface area contributed by atoms with E-state index in [9.17, 15) is 4.79 Å². The van der Waals surface area contributed by atoms with Crippen molar-refractivity contribution >= 4 is 17.5 Å². The van der Waals surface area contributed by atoms with Crippen molar-refractivity contribution in [3.05, 3.63) is 0 Å². The molecule has 4 saturated heterocycles. The molecule has 0 radical (unpaired) electrons. The SMILES string of the molecule is CC1C(C(=O)NC2CNC(N3NCCN3)C(Cl)C2)NCN1C1CCCC2NCCCC21. The molecule has 0 spiro atoms. The Kier molecular flexibility index (Phi) is 7.02. The fourth-order valence-corrected chi connectivity index (χ4v) is 6.92. The van der Waals surface area contributed by atoms with Gasteiger partial charge in [0.15, 0.2) is 0 Å². The summed E-state index contributed by atoms with van der Waals surface area (Å²) in [6.07, 6.45) is 7.21. The van der Waals surface area contributed by atoms with Gasteiger partial charge in [-0.05, 0) is 51.5 Å². The van der Waals surface area contributed by atoms with Gasteiger partial charge >= 0.3 is 0 Å². The maximum absolute atomic E-state index is 13.2. The van der Waals surface area contributed by atoms with Gasteiger partial charge in [-0.15, -0.1) is 11.6 Å². The van der Waals surface area contributed by atoms with Gasteiger partial charge < -0.3 is 10.6 Å². The Hall–Kier alpha value is -0.520. The summed E-state index contributed by atoms with van der Waals surface area (Å²) in [7, 11) is 0. The van der Waals surface area contributed by atoms with Crippen LogP contribution in [0.5, 0.6) is 0 Å². The van der Waals surface area contributed by atoms with Crippen molar-refractivity contribution in [2.24, 2.45) is 5.92 Å². The van der Waals surface area contributed by atoms with Gasteiger partial charge in [0.1, 0.15) is 12.2 Å². The van der Waals surface area contributed by atoms with Gasteiger partial charge in [0, 0.05) is 50.5 Å². The van der Waals surface area contributed by atoms with E-state index in [0.717, 1.165) is 45.2 Å². The minimum atomic E-state index is -0.162. The van der Waals surface area contributed by atoms with Crippen LogP contribution in [-0.4, -0.2) is 90.5 Å². The molecule has 8 unspecified atom stereocenters. The lowest BCUT2D eigenvalue weighted by atomic mass is 9.75. The Morgan fingerprint density at radius 2 is 1.87 bits per heavy atom. The molecular weight excluding hydrogens is 416 g/mol. The summed E-state index contributed by atoms with van der Waals surface area (Å²) in [5.41, 5.74) is 6.57. The summed E-state index contributed by atoms with van der Waals surface area (Å²) < 4.78 is 0. The van der Waals surface area contributed by atoms with Crippen LogP contribution in [0.4, 0.5) is 0 Å². The lowest BCUT2D eigenvalue weighted by molar-refractivity contribution is -0.124. The van der Waals surface area contributed by atoms with E-state index in [0.29, 0.717) is 12.1 Å². The van der Waals surface area contributed by atoms with Crippen LogP contribution in [-0.2, 0) is 4.79 Å². The highest BCUT2D eigenvalue weighted by molar-refractivity contribution is 6.21. The van der Waals surface area contributed by atoms with E-state index in [1.807, 2.05) is 5.12 Å². The number of hydrogen-bond acceptors (Lipinski definition) is 8. The van der Waals surface area contributed by atoms with Gasteiger partial charge in [0.25, 0.3) is 0 Å². The lowest BCUT2D eigenvalue weighted by Crippen LogP contribution is -2.65. The maximum atomic E-state index is 13.2. The number of rotatable bonds is 4. The molecule has 0 bridgehead atoms. The maximum Gasteiger partial charge on any atom is 0.239 e.